The number of nitrogens with zero attached hydrogens (tertiary/aromatic N) is 3. The maximum Gasteiger partial charge on any atom is 0.311 e. The minimum absolute atomic E-state index is 0.229. The lowest BCUT2D eigenvalue weighted by molar-refractivity contribution is -0.143. The van der Waals surface area contributed by atoms with Crippen LogP contribution in [-0.2, 0) is 29.0 Å². The van der Waals surface area contributed by atoms with Crippen LogP contribution >= 0.6 is 0 Å². The number of carboxylic acid groups (broad SMARTS) is 1. The normalized spacial score (nSPS) is 24.1. The lowest BCUT2D eigenvalue weighted by Gasteiger charge is -2.36. The number of benzene rings is 2. The second-order valence-electron chi connectivity index (χ2n) is 12.1. The quantitative estimate of drug-likeness (QED) is 0.468. The predicted molar refractivity (Wildman–Crippen MR) is 154 cm³/mol. The van der Waals surface area contributed by atoms with Gasteiger partial charge < -0.3 is 19.5 Å². The molecule has 2 aromatic carbocycles. The van der Waals surface area contributed by atoms with Gasteiger partial charge in [0, 0.05) is 31.7 Å². The van der Waals surface area contributed by atoms with E-state index in [0.717, 1.165) is 80.5 Å². The molecule has 3 aliphatic heterocycles. The summed E-state index contributed by atoms with van der Waals surface area (Å²) < 4.78 is 11.9. The molecule has 4 aliphatic rings. The van der Waals surface area contributed by atoms with Crippen LogP contribution < -0.4 is 9.64 Å². The van der Waals surface area contributed by atoms with Gasteiger partial charge in [-0.15, -0.1) is 0 Å². The van der Waals surface area contributed by atoms with E-state index in [0.29, 0.717) is 19.2 Å². The Morgan fingerprint density at radius 3 is 2.75 bits per heavy atom. The molecule has 3 aromatic rings. The second kappa shape index (κ2) is 9.89. The molecule has 208 valence electrons. The Hall–Kier alpha value is -3.42. The van der Waals surface area contributed by atoms with Gasteiger partial charge in [-0.3, -0.25) is 9.69 Å². The highest BCUT2D eigenvalue weighted by Gasteiger charge is 2.65. The average Bonchev–Trinajstić information content (AvgIpc) is 3.57. The lowest BCUT2D eigenvalue weighted by atomic mass is 9.94. The van der Waals surface area contributed by atoms with Crippen molar-refractivity contribution in [2.24, 2.45) is 11.3 Å². The molecule has 40 heavy (non-hydrogen) atoms. The SMILES string of the molecule is Cc1ccc(OCc2ccc3c(c2C)CCN(C2COC2)CC3)c(-c2cccc(N3C[C@H]4C[C@]4(C(=O)O)C3)n2)c1. The zero-order chi connectivity index (χ0) is 27.4. The zero-order valence-electron chi connectivity index (χ0n) is 23.4. The number of fused-ring (bicyclic) bond motifs is 2. The molecule has 1 aromatic heterocycles. The van der Waals surface area contributed by atoms with Gasteiger partial charge in [0.25, 0.3) is 0 Å². The number of anilines is 1. The standard InChI is InChI=1S/C33H37N3O4/c1-21-6-9-30(28(14-21)29-4-3-5-31(34-29)36-16-25-15-33(25,20-36)32(37)38)40-17-24-8-7-23-10-12-35(26-18-39-19-26)13-11-27(23)22(24)2/h3-9,14,25-26H,10-13,15-20H2,1-2H3,(H,37,38)/t25-,33+/m1/s1. The van der Waals surface area contributed by atoms with Crippen LogP contribution in [0.2, 0.25) is 0 Å². The third kappa shape index (κ3) is 4.45. The largest absolute Gasteiger partial charge is 0.488 e. The first kappa shape index (κ1) is 25.5. The number of hydrogen-bond acceptors (Lipinski definition) is 6. The summed E-state index contributed by atoms with van der Waals surface area (Å²) in [6, 6.07) is 17.4. The van der Waals surface area contributed by atoms with Gasteiger partial charge in [0.2, 0.25) is 0 Å². The van der Waals surface area contributed by atoms with Gasteiger partial charge in [-0.25, -0.2) is 4.98 Å². The highest BCUT2D eigenvalue weighted by atomic mass is 16.5. The Kier molecular flexibility index (Phi) is 6.32. The summed E-state index contributed by atoms with van der Waals surface area (Å²) in [5.74, 6) is 1.20. The number of hydrogen-bond donors (Lipinski definition) is 1. The molecule has 0 radical (unpaired) electrons. The van der Waals surface area contributed by atoms with E-state index < -0.39 is 11.4 Å². The molecule has 0 amide bonds. The molecule has 1 N–H and O–H groups in total. The van der Waals surface area contributed by atoms with E-state index in [1.807, 2.05) is 24.3 Å². The van der Waals surface area contributed by atoms with E-state index in [1.54, 1.807) is 0 Å². The molecule has 1 aliphatic carbocycles. The molecule has 4 heterocycles. The zero-order valence-corrected chi connectivity index (χ0v) is 23.4. The number of ether oxygens (including phenoxy) is 2. The van der Waals surface area contributed by atoms with Gasteiger partial charge in [0.1, 0.15) is 18.2 Å². The third-order valence-corrected chi connectivity index (χ3v) is 9.69. The van der Waals surface area contributed by atoms with Gasteiger partial charge in [-0.2, -0.15) is 0 Å². The van der Waals surface area contributed by atoms with Crippen molar-refractivity contribution < 1.29 is 19.4 Å². The third-order valence-electron chi connectivity index (χ3n) is 9.69. The molecule has 7 nitrogen and oxygen atoms in total. The topological polar surface area (TPSA) is 75.1 Å². The van der Waals surface area contributed by atoms with Gasteiger partial charge in [0.15, 0.2) is 0 Å². The van der Waals surface area contributed by atoms with Crippen molar-refractivity contribution in [3.05, 3.63) is 76.3 Å². The summed E-state index contributed by atoms with van der Waals surface area (Å²) in [7, 11) is 0. The highest BCUT2D eigenvalue weighted by Crippen LogP contribution is 2.58. The fraction of sp³-hybridized carbons (Fsp3) is 0.455. The van der Waals surface area contributed by atoms with Crippen molar-refractivity contribution in [3.8, 4) is 17.0 Å². The Labute approximate surface area is 235 Å². The van der Waals surface area contributed by atoms with Gasteiger partial charge in [0.05, 0.1) is 30.4 Å². The predicted octanol–water partition coefficient (Wildman–Crippen LogP) is 4.65. The molecule has 7 rings (SSSR count). The van der Waals surface area contributed by atoms with Crippen molar-refractivity contribution in [3.63, 3.8) is 0 Å². The first-order valence-corrected chi connectivity index (χ1v) is 14.5. The van der Waals surface area contributed by atoms with Crippen LogP contribution in [0.1, 0.15) is 34.2 Å². The first-order chi connectivity index (χ1) is 19.4. The smallest absolute Gasteiger partial charge is 0.311 e. The number of piperidine rings is 1. The number of carboxylic acids is 1. The number of carbonyl (C=O) groups is 1. The van der Waals surface area contributed by atoms with E-state index >= 15 is 0 Å². The van der Waals surface area contributed by atoms with Crippen LogP contribution in [0.3, 0.4) is 0 Å². The fourth-order valence-corrected chi connectivity index (χ4v) is 6.89. The van der Waals surface area contributed by atoms with E-state index in [2.05, 4.69) is 47.9 Å². The van der Waals surface area contributed by atoms with Crippen LogP contribution in [0, 0.1) is 25.2 Å². The molecule has 0 bridgehead atoms. The molecule has 2 saturated heterocycles. The number of aromatic nitrogens is 1. The number of aryl methyl sites for hydroxylation is 1. The Morgan fingerprint density at radius 1 is 1.12 bits per heavy atom. The van der Waals surface area contributed by atoms with Crippen molar-refractivity contribution in [2.45, 2.75) is 45.8 Å². The number of pyridine rings is 1. The number of rotatable bonds is 7. The van der Waals surface area contributed by atoms with Crippen LogP contribution in [0.5, 0.6) is 5.75 Å². The summed E-state index contributed by atoms with van der Waals surface area (Å²) in [6.45, 7) is 10.0. The minimum Gasteiger partial charge on any atom is -0.488 e. The summed E-state index contributed by atoms with van der Waals surface area (Å²) >= 11 is 0. The molecule has 0 unspecified atom stereocenters. The van der Waals surface area contributed by atoms with E-state index in [9.17, 15) is 9.90 Å². The second-order valence-corrected chi connectivity index (χ2v) is 12.1. The molecule has 3 fully saturated rings. The van der Waals surface area contributed by atoms with Crippen molar-refractivity contribution in [2.75, 3.05) is 44.3 Å². The summed E-state index contributed by atoms with van der Waals surface area (Å²) in [5.41, 5.74) is 7.88. The average molecular weight is 540 g/mol. The fourth-order valence-electron chi connectivity index (χ4n) is 6.89. The first-order valence-electron chi connectivity index (χ1n) is 14.5. The van der Waals surface area contributed by atoms with Crippen LogP contribution in [0.25, 0.3) is 11.3 Å². The van der Waals surface area contributed by atoms with Gasteiger partial charge >= 0.3 is 5.97 Å². The summed E-state index contributed by atoms with van der Waals surface area (Å²) in [6.07, 6.45) is 2.94. The molecule has 7 heteroatoms. The molecule has 0 spiro atoms. The van der Waals surface area contributed by atoms with Gasteiger partial charge in [-0.1, -0.05) is 29.8 Å². The van der Waals surface area contributed by atoms with E-state index in [4.69, 9.17) is 14.5 Å². The molecule has 1 saturated carbocycles. The Balaban J connectivity index is 1.10. The lowest BCUT2D eigenvalue weighted by Crippen LogP contribution is -2.49. The Bertz CT molecular complexity index is 1470. The van der Waals surface area contributed by atoms with Crippen LogP contribution in [-0.4, -0.2) is 66.4 Å². The monoisotopic (exact) mass is 539 g/mol. The van der Waals surface area contributed by atoms with E-state index in [-0.39, 0.29) is 5.92 Å². The van der Waals surface area contributed by atoms with Crippen molar-refractivity contribution >= 4 is 11.8 Å². The Morgan fingerprint density at radius 2 is 1.98 bits per heavy atom. The van der Waals surface area contributed by atoms with Crippen LogP contribution in [0.4, 0.5) is 5.82 Å². The van der Waals surface area contributed by atoms with E-state index in [1.165, 1.54) is 22.3 Å². The minimum atomic E-state index is -0.677. The van der Waals surface area contributed by atoms with Gasteiger partial charge in [-0.05, 0) is 85.5 Å². The molecule has 2 atom stereocenters. The molecular formula is C33H37N3O4. The summed E-state index contributed by atoms with van der Waals surface area (Å²) in [5, 5.41) is 9.71. The maximum absolute atomic E-state index is 11.8. The molecular weight excluding hydrogens is 502 g/mol. The van der Waals surface area contributed by atoms with Crippen molar-refractivity contribution in [1.82, 2.24) is 9.88 Å². The maximum atomic E-state index is 11.8. The number of aliphatic carboxylic acids is 1. The van der Waals surface area contributed by atoms with Crippen molar-refractivity contribution in [1.29, 1.82) is 0 Å². The highest BCUT2D eigenvalue weighted by molar-refractivity contribution is 5.81. The van der Waals surface area contributed by atoms with Crippen LogP contribution in [0.15, 0.2) is 48.5 Å². The summed E-state index contributed by atoms with van der Waals surface area (Å²) in [4.78, 5) is 21.5.